The Bertz CT molecular complexity index is 833. The molecule has 1 atom stereocenters. The van der Waals surface area contributed by atoms with Crippen molar-refractivity contribution in [2.24, 2.45) is 11.8 Å². The number of hydrogen-bond donors (Lipinski definition) is 1. The standard InChI is InChI=1S/C19H23ClN4O/c1-25-14-5-2-12(3-6-14)15-7-4-13(10-17(15)20)16-11-22-24-9-8-18(21)23-19(16)24/h4,8-12,14-15H,2-3,5-7H2,1H3,(H2,21,23)/t12-,14-,15?. The minimum Gasteiger partial charge on any atom is -0.384 e. The molecule has 0 aromatic carbocycles. The van der Waals surface area contributed by atoms with Gasteiger partial charge in [-0.2, -0.15) is 5.10 Å². The van der Waals surface area contributed by atoms with Crippen LogP contribution in [0.4, 0.5) is 5.82 Å². The molecule has 4 rings (SSSR count). The Labute approximate surface area is 152 Å². The lowest BCUT2D eigenvalue weighted by Crippen LogP contribution is -2.26. The average molecular weight is 359 g/mol. The number of rotatable bonds is 3. The molecule has 2 heterocycles. The molecule has 0 bridgehead atoms. The number of nitrogen functional groups attached to an aromatic ring is 1. The summed E-state index contributed by atoms with van der Waals surface area (Å²) < 4.78 is 7.23. The Morgan fingerprint density at radius 3 is 2.80 bits per heavy atom. The number of hydrogen-bond acceptors (Lipinski definition) is 4. The normalized spacial score (nSPS) is 27.2. The summed E-state index contributed by atoms with van der Waals surface area (Å²) in [5.74, 6) is 1.56. The Morgan fingerprint density at radius 2 is 2.08 bits per heavy atom. The maximum Gasteiger partial charge on any atom is 0.165 e. The largest absolute Gasteiger partial charge is 0.384 e. The molecule has 1 unspecified atom stereocenters. The lowest BCUT2D eigenvalue weighted by Gasteiger charge is -2.34. The molecular formula is C19H23ClN4O. The number of halogens is 1. The van der Waals surface area contributed by atoms with Crippen molar-refractivity contribution in [3.05, 3.63) is 41.2 Å². The molecular weight excluding hydrogens is 336 g/mol. The van der Waals surface area contributed by atoms with Gasteiger partial charge in [-0.05, 0) is 55.7 Å². The number of anilines is 1. The van der Waals surface area contributed by atoms with E-state index in [0.717, 1.165) is 41.1 Å². The third kappa shape index (κ3) is 3.18. The Hall–Kier alpha value is -1.85. The van der Waals surface area contributed by atoms with Crippen molar-refractivity contribution in [2.75, 3.05) is 12.8 Å². The fraction of sp³-hybridized carbons (Fsp3) is 0.474. The topological polar surface area (TPSA) is 65.4 Å². The molecule has 0 spiro atoms. The van der Waals surface area contributed by atoms with Gasteiger partial charge in [-0.15, -0.1) is 0 Å². The molecule has 2 N–H and O–H groups in total. The summed E-state index contributed by atoms with van der Waals surface area (Å²) in [4.78, 5) is 4.41. The Kier molecular flexibility index (Phi) is 4.52. The van der Waals surface area contributed by atoms with Gasteiger partial charge in [0.25, 0.3) is 0 Å². The fourth-order valence-electron chi connectivity index (χ4n) is 4.10. The van der Waals surface area contributed by atoms with Crippen molar-refractivity contribution in [3.8, 4) is 0 Å². The van der Waals surface area contributed by atoms with Gasteiger partial charge in [-0.1, -0.05) is 17.7 Å². The van der Waals surface area contributed by atoms with Crippen LogP contribution in [0.3, 0.4) is 0 Å². The molecule has 0 saturated heterocycles. The van der Waals surface area contributed by atoms with Crippen molar-refractivity contribution in [3.63, 3.8) is 0 Å². The van der Waals surface area contributed by atoms with Gasteiger partial charge in [-0.25, -0.2) is 9.50 Å². The second kappa shape index (κ2) is 6.81. The maximum absolute atomic E-state index is 6.70. The molecule has 5 nitrogen and oxygen atoms in total. The van der Waals surface area contributed by atoms with Gasteiger partial charge in [0.15, 0.2) is 5.65 Å². The lowest BCUT2D eigenvalue weighted by atomic mass is 9.75. The highest BCUT2D eigenvalue weighted by Crippen LogP contribution is 2.42. The predicted molar refractivity (Wildman–Crippen MR) is 100 cm³/mol. The minimum absolute atomic E-state index is 0.420. The van der Waals surface area contributed by atoms with Crippen LogP contribution in [0.2, 0.25) is 0 Å². The monoisotopic (exact) mass is 358 g/mol. The van der Waals surface area contributed by atoms with E-state index in [1.54, 1.807) is 10.6 Å². The van der Waals surface area contributed by atoms with E-state index in [-0.39, 0.29) is 0 Å². The van der Waals surface area contributed by atoms with E-state index in [1.165, 1.54) is 12.8 Å². The van der Waals surface area contributed by atoms with E-state index < -0.39 is 0 Å². The summed E-state index contributed by atoms with van der Waals surface area (Å²) in [6.45, 7) is 0. The van der Waals surface area contributed by atoms with E-state index in [9.17, 15) is 0 Å². The molecule has 1 fully saturated rings. The summed E-state index contributed by atoms with van der Waals surface area (Å²) in [5.41, 5.74) is 8.66. The van der Waals surface area contributed by atoms with Crippen LogP contribution in [-0.2, 0) is 4.74 Å². The molecule has 0 radical (unpaired) electrons. The van der Waals surface area contributed by atoms with Crippen molar-refractivity contribution < 1.29 is 4.74 Å². The average Bonchev–Trinajstić information content (AvgIpc) is 3.05. The highest BCUT2D eigenvalue weighted by atomic mass is 35.5. The van der Waals surface area contributed by atoms with Crippen LogP contribution >= 0.6 is 11.6 Å². The van der Waals surface area contributed by atoms with Crippen LogP contribution in [0.25, 0.3) is 11.2 Å². The summed E-state index contributed by atoms with van der Waals surface area (Å²) in [7, 11) is 1.81. The number of ether oxygens (including phenoxy) is 1. The molecule has 25 heavy (non-hydrogen) atoms. The van der Waals surface area contributed by atoms with Gasteiger partial charge in [0.2, 0.25) is 0 Å². The summed E-state index contributed by atoms with van der Waals surface area (Å²) in [6.07, 6.45) is 14.0. The van der Waals surface area contributed by atoms with Gasteiger partial charge in [-0.3, -0.25) is 0 Å². The first-order valence-electron chi connectivity index (χ1n) is 8.86. The molecule has 2 aromatic heterocycles. The molecule has 2 aromatic rings. The Morgan fingerprint density at radius 1 is 1.28 bits per heavy atom. The number of fused-ring (bicyclic) bond motifs is 1. The zero-order chi connectivity index (χ0) is 17.4. The molecule has 2 aliphatic carbocycles. The smallest absolute Gasteiger partial charge is 0.165 e. The van der Waals surface area contributed by atoms with E-state index in [4.69, 9.17) is 22.1 Å². The zero-order valence-electron chi connectivity index (χ0n) is 14.4. The zero-order valence-corrected chi connectivity index (χ0v) is 15.1. The van der Waals surface area contributed by atoms with Crippen LogP contribution < -0.4 is 5.73 Å². The highest BCUT2D eigenvalue weighted by Gasteiger charge is 2.30. The molecule has 1 saturated carbocycles. The third-order valence-corrected chi connectivity index (χ3v) is 5.95. The summed E-state index contributed by atoms with van der Waals surface area (Å²) >= 11 is 6.70. The first-order chi connectivity index (χ1) is 12.2. The molecule has 2 aliphatic rings. The highest BCUT2D eigenvalue weighted by molar-refractivity contribution is 6.30. The van der Waals surface area contributed by atoms with Gasteiger partial charge in [0, 0.05) is 29.8 Å². The first-order valence-corrected chi connectivity index (χ1v) is 9.23. The van der Waals surface area contributed by atoms with Crippen molar-refractivity contribution in [1.29, 1.82) is 0 Å². The van der Waals surface area contributed by atoms with E-state index in [1.807, 2.05) is 19.5 Å². The van der Waals surface area contributed by atoms with Gasteiger partial charge >= 0.3 is 0 Å². The van der Waals surface area contributed by atoms with Crippen LogP contribution in [0.5, 0.6) is 0 Å². The number of nitrogens with two attached hydrogens (primary N) is 1. The summed E-state index contributed by atoms with van der Waals surface area (Å²) in [5, 5.41) is 5.30. The first kappa shape index (κ1) is 16.6. The van der Waals surface area contributed by atoms with Crippen LogP contribution in [0, 0.1) is 11.8 Å². The molecule has 132 valence electrons. The molecule has 6 heteroatoms. The van der Waals surface area contributed by atoms with Crippen molar-refractivity contribution >= 4 is 28.6 Å². The van der Waals surface area contributed by atoms with E-state index in [2.05, 4.69) is 22.2 Å². The van der Waals surface area contributed by atoms with E-state index >= 15 is 0 Å². The van der Waals surface area contributed by atoms with Crippen LogP contribution in [0.15, 0.2) is 35.6 Å². The lowest BCUT2D eigenvalue weighted by molar-refractivity contribution is 0.0500. The number of methoxy groups -OCH3 is 1. The van der Waals surface area contributed by atoms with Gasteiger partial charge in [0.1, 0.15) is 5.82 Å². The number of allylic oxidation sites excluding steroid dienone is 4. The quantitative estimate of drug-likeness (QED) is 0.899. The van der Waals surface area contributed by atoms with Crippen LogP contribution in [0.1, 0.15) is 37.7 Å². The van der Waals surface area contributed by atoms with Crippen molar-refractivity contribution in [2.45, 2.75) is 38.2 Å². The predicted octanol–water partition coefficient (Wildman–Crippen LogP) is 4.04. The van der Waals surface area contributed by atoms with Gasteiger partial charge < -0.3 is 10.5 Å². The minimum atomic E-state index is 0.420. The number of nitrogens with zero attached hydrogens (tertiary/aromatic N) is 3. The van der Waals surface area contributed by atoms with Crippen LogP contribution in [-0.4, -0.2) is 27.8 Å². The summed E-state index contributed by atoms with van der Waals surface area (Å²) in [6, 6.07) is 1.74. The molecule has 0 amide bonds. The third-order valence-electron chi connectivity index (χ3n) is 5.56. The maximum atomic E-state index is 6.70. The fourth-order valence-corrected chi connectivity index (χ4v) is 4.48. The SMILES string of the molecule is CO[C@H]1CC[C@H](C2CC=C(c3cnn4ccc(N)nc34)C=C2Cl)CC1. The van der Waals surface area contributed by atoms with Crippen molar-refractivity contribution in [1.82, 2.24) is 14.6 Å². The van der Waals surface area contributed by atoms with Gasteiger partial charge in [0.05, 0.1) is 12.3 Å². The second-order valence-corrected chi connectivity index (χ2v) is 7.42. The Balaban J connectivity index is 1.54. The van der Waals surface area contributed by atoms with E-state index in [0.29, 0.717) is 23.8 Å². The number of aromatic nitrogens is 3. The molecule has 0 aliphatic heterocycles. The second-order valence-electron chi connectivity index (χ2n) is 6.98.